The summed E-state index contributed by atoms with van der Waals surface area (Å²) in [7, 11) is 0. The Morgan fingerprint density at radius 3 is 2.57 bits per heavy atom. The van der Waals surface area contributed by atoms with Crippen LogP contribution in [0.4, 0.5) is 10.3 Å². The number of aliphatic hydroxyl groups excluding tert-OH is 1. The number of nitrogens with one attached hydrogen (secondary N) is 1. The number of hydrogen-bond donors (Lipinski definition) is 2. The van der Waals surface area contributed by atoms with Crippen molar-refractivity contribution in [2.45, 2.75) is 45.2 Å². The number of aliphatic hydroxyl groups is 1. The zero-order valence-corrected chi connectivity index (χ0v) is 20.5. The fourth-order valence-electron chi connectivity index (χ4n) is 4.02. The van der Waals surface area contributed by atoms with Gasteiger partial charge in [-0.15, -0.1) is 0 Å². The van der Waals surface area contributed by atoms with Crippen LogP contribution in [0.15, 0.2) is 30.6 Å². The Kier molecular flexibility index (Phi) is 10.2. The number of aryl methyl sites for hydroxylation is 1. The van der Waals surface area contributed by atoms with E-state index in [9.17, 15) is 9.18 Å². The number of nitrogens with zero attached hydrogens (tertiary/aromatic N) is 4. The maximum atomic E-state index is 14.4. The van der Waals surface area contributed by atoms with Gasteiger partial charge >= 0.3 is 0 Å². The molecule has 1 aliphatic rings. The third-order valence-electron chi connectivity index (χ3n) is 6.24. The van der Waals surface area contributed by atoms with E-state index in [1.165, 1.54) is 17.7 Å². The van der Waals surface area contributed by atoms with E-state index in [4.69, 9.17) is 14.9 Å². The predicted octanol–water partition coefficient (Wildman–Crippen LogP) is 1.36. The molecule has 4 N–H and O–H groups in total. The number of aromatic nitrogens is 2. The van der Waals surface area contributed by atoms with E-state index >= 15 is 0 Å². The van der Waals surface area contributed by atoms with Crippen molar-refractivity contribution in [2.24, 2.45) is 0 Å². The standard InChI is InChI=1S/C25H36FN5O4/c1-3-4-19-14-27-25(28-15-19)31-10-8-30(9-11-31)18(2)7-12-35-21-5-6-22(23(26)13-21)24(34)29-20(16-32)17-33/h5-6,13-15,18,20,32-33H,3-4,7-12,16-17H2,1-2H3,(H,29,34)/p+1. The average molecular weight is 491 g/mol. The molecule has 0 spiro atoms. The van der Waals surface area contributed by atoms with Gasteiger partial charge in [-0.05, 0) is 37.5 Å². The van der Waals surface area contributed by atoms with Crippen LogP contribution >= 0.6 is 0 Å². The highest BCUT2D eigenvalue weighted by Crippen LogP contribution is 2.19. The molecule has 10 heteroatoms. The van der Waals surface area contributed by atoms with Crippen LogP contribution in [0.1, 0.15) is 42.6 Å². The van der Waals surface area contributed by atoms with Gasteiger partial charge in [0, 0.05) is 50.7 Å². The summed E-state index contributed by atoms with van der Waals surface area (Å²) in [6.45, 7) is 7.73. The van der Waals surface area contributed by atoms with Gasteiger partial charge in [-0.2, -0.15) is 0 Å². The number of piperazine rings is 1. The van der Waals surface area contributed by atoms with Crippen molar-refractivity contribution >= 4 is 11.9 Å². The molecule has 2 unspecified atom stereocenters. The minimum absolute atomic E-state index is 0.139. The van der Waals surface area contributed by atoms with E-state index in [1.54, 1.807) is 6.07 Å². The average Bonchev–Trinajstić information content (AvgIpc) is 2.88. The van der Waals surface area contributed by atoms with Crippen molar-refractivity contribution in [3.63, 3.8) is 0 Å². The summed E-state index contributed by atoms with van der Waals surface area (Å²) >= 11 is 0. The van der Waals surface area contributed by atoms with Gasteiger partial charge in [0.2, 0.25) is 5.95 Å². The van der Waals surface area contributed by atoms with Crippen LogP contribution in [0.5, 0.6) is 5.75 Å². The molecular weight excluding hydrogens is 453 g/mol. The van der Waals surface area contributed by atoms with Crippen molar-refractivity contribution in [1.82, 2.24) is 20.2 Å². The maximum Gasteiger partial charge on any atom is 0.254 e. The Hall–Kier alpha value is -2.82. The lowest BCUT2D eigenvalue weighted by Gasteiger charge is -2.38. The van der Waals surface area contributed by atoms with Crippen molar-refractivity contribution < 1.29 is 24.1 Å². The first kappa shape index (κ1) is 26.8. The lowest BCUT2D eigenvalue weighted by atomic mass is 10.1. The number of amides is 1. The van der Waals surface area contributed by atoms with Gasteiger partial charge < -0.3 is 25.2 Å². The number of rotatable bonds is 12. The van der Waals surface area contributed by atoms with E-state index in [0.29, 0.717) is 18.4 Å². The number of hydrogen-bond acceptors (Lipinski definition) is 7. The Bertz CT molecular complexity index is 934. The van der Waals surface area contributed by atoms with Crippen molar-refractivity contribution in [3.05, 3.63) is 47.5 Å². The van der Waals surface area contributed by atoms with Gasteiger partial charge in [0.05, 0.1) is 18.8 Å². The molecule has 0 radical (unpaired) electrons. The van der Waals surface area contributed by atoms with Crippen molar-refractivity contribution in [1.29, 1.82) is 0 Å². The minimum atomic E-state index is -0.722. The highest BCUT2D eigenvalue weighted by atomic mass is 19.1. The largest absolute Gasteiger partial charge is 0.493 e. The minimum Gasteiger partial charge on any atom is -0.493 e. The number of carbonyl (C=O) groups excluding carboxylic acids is 1. The van der Waals surface area contributed by atoms with Crippen LogP contribution in [0.25, 0.3) is 0 Å². The van der Waals surface area contributed by atoms with Crippen LogP contribution in [-0.2, 0) is 6.42 Å². The lowest BCUT2D eigenvalue weighted by Crippen LogP contribution is -2.50. The number of benzene rings is 1. The number of carbonyl (C=O) groups is 1. The van der Waals surface area contributed by atoms with Gasteiger partial charge in [0.25, 0.3) is 5.91 Å². The molecule has 1 saturated heterocycles. The number of ether oxygens (including phenoxy) is 1. The normalized spacial score (nSPS) is 16.1. The molecule has 3 rings (SSSR count). The van der Waals surface area contributed by atoms with Gasteiger partial charge in [-0.3, -0.25) is 9.69 Å². The monoisotopic (exact) mass is 490 g/mol. The topological polar surface area (TPSA) is 114 Å². The molecule has 1 aromatic heterocycles. The van der Waals surface area contributed by atoms with E-state index in [-0.39, 0.29) is 18.8 Å². The second kappa shape index (κ2) is 13.3. The van der Waals surface area contributed by atoms with Crippen LogP contribution in [0.2, 0.25) is 0 Å². The molecule has 9 nitrogen and oxygen atoms in total. The van der Waals surface area contributed by atoms with Crippen LogP contribution < -0.4 is 15.0 Å². The van der Waals surface area contributed by atoms with Gasteiger partial charge in [0.1, 0.15) is 17.6 Å². The second-order valence-electron chi connectivity index (χ2n) is 8.85. The van der Waals surface area contributed by atoms with E-state index in [1.807, 2.05) is 12.4 Å². The molecule has 0 aliphatic carbocycles. The molecule has 2 heterocycles. The zero-order valence-electron chi connectivity index (χ0n) is 20.5. The van der Waals surface area contributed by atoms with Crippen LogP contribution in [-0.4, -0.2) is 89.1 Å². The van der Waals surface area contributed by atoms with Crippen molar-refractivity contribution in [2.75, 3.05) is 50.9 Å². The summed E-state index contributed by atoms with van der Waals surface area (Å²) in [6.07, 6.45) is 6.71. The first-order valence-electron chi connectivity index (χ1n) is 12.2. The number of halogens is 1. The molecule has 1 amide bonds. The second-order valence-corrected chi connectivity index (χ2v) is 8.85. The predicted molar refractivity (Wildman–Crippen MR) is 133 cm³/mol. The highest BCUT2D eigenvalue weighted by molar-refractivity contribution is 5.94. The fraction of sp³-hybridized carbons (Fsp3) is 0.560. The van der Waals surface area contributed by atoms with E-state index in [2.05, 4.69) is 38.9 Å². The first-order chi connectivity index (χ1) is 16.9. The molecule has 192 valence electrons. The molecule has 1 fully saturated rings. The highest BCUT2D eigenvalue weighted by Gasteiger charge is 2.23. The SMILES string of the molecule is CCCc1cnc(N2CCN(C(C)CCOc3ccc(C(=O)NC(CO)C[OH2+])c(F)c3)CC2)nc1. The molecule has 0 bridgehead atoms. The summed E-state index contributed by atoms with van der Waals surface area (Å²) in [4.78, 5) is 25.8. The molecular formula is C25H37FN5O4+. The Morgan fingerprint density at radius 2 is 1.97 bits per heavy atom. The summed E-state index contributed by atoms with van der Waals surface area (Å²) < 4.78 is 20.1. The maximum absolute atomic E-state index is 14.4. The van der Waals surface area contributed by atoms with Gasteiger partial charge in [-0.25, -0.2) is 14.4 Å². The van der Waals surface area contributed by atoms with E-state index in [0.717, 1.165) is 51.4 Å². The van der Waals surface area contributed by atoms with Crippen LogP contribution in [0.3, 0.4) is 0 Å². The third-order valence-corrected chi connectivity index (χ3v) is 6.24. The summed E-state index contributed by atoms with van der Waals surface area (Å²) in [5.74, 6) is -0.212. The Morgan fingerprint density at radius 1 is 1.26 bits per heavy atom. The zero-order chi connectivity index (χ0) is 25.2. The molecule has 2 atom stereocenters. The third kappa shape index (κ3) is 7.58. The lowest BCUT2D eigenvalue weighted by molar-refractivity contribution is 0.0875. The van der Waals surface area contributed by atoms with Crippen molar-refractivity contribution in [3.8, 4) is 5.75 Å². The molecule has 2 aromatic rings. The van der Waals surface area contributed by atoms with Crippen LogP contribution in [0, 0.1) is 5.82 Å². The first-order valence-corrected chi connectivity index (χ1v) is 12.2. The Labute approximate surface area is 205 Å². The smallest absolute Gasteiger partial charge is 0.254 e. The van der Waals surface area contributed by atoms with Gasteiger partial charge in [-0.1, -0.05) is 13.3 Å². The van der Waals surface area contributed by atoms with E-state index < -0.39 is 17.8 Å². The molecule has 35 heavy (non-hydrogen) atoms. The van der Waals surface area contributed by atoms with Gasteiger partial charge in [0.15, 0.2) is 6.61 Å². The molecule has 1 aromatic carbocycles. The number of anilines is 1. The summed E-state index contributed by atoms with van der Waals surface area (Å²) in [6, 6.07) is 3.69. The fourth-order valence-corrected chi connectivity index (χ4v) is 4.02. The molecule has 0 saturated carbocycles. The molecule has 1 aliphatic heterocycles. The summed E-state index contributed by atoms with van der Waals surface area (Å²) in [5, 5.41) is 18.8. The summed E-state index contributed by atoms with van der Waals surface area (Å²) in [5.41, 5.74) is 1.03. The quantitative estimate of drug-likeness (QED) is 0.432. The Balaban J connectivity index is 1.42.